The lowest BCUT2D eigenvalue weighted by atomic mass is 10.1. The zero-order chi connectivity index (χ0) is 16.7. The second-order valence-corrected chi connectivity index (χ2v) is 4.65. The highest BCUT2D eigenvalue weighted by molar-refractivity contribution is 5.96. The van der Waals surface area contributed by atoms with Gasteiger partial charge in [-0.2, -0.15) is 0 Å². The summed E-state index contributed by atoms with van der Waals surface area (Å²) < 4.78 is 5.14. The fourth-order valence-corrected chi connectivity index (χ4v) is 1.98. The molecule has 2 rings (SSSR count). The van der Waals surface area contributed by atoms with E-state index in [9.17, 15) is 14.9 Å². The number of carbonyl (C=O) groups excluding carboxylic acids is 1. The molecule has 0 aliphatic carbocycles. The van der Waals surface area contributed by atoms with Gasteiger partial charge in [-0.25, -0.2) is 4.79 Å². The molecule has 2 aromatic rings. The van der Waals surface area contributed by atoms with E-state index in [-0.39, 0.29) is 17.9 Å². The number of nitrogens with one attached hydrogen (secondary N) is 1. The molecule has 0 fully saturated rings. The molecular weight excluding hydrogens is 296 g/mol. The molecule has 0 aromatic heterocycles. The molecule has 0 aliphatic heterocycles. The van der Waals surface area contributed by atoms with Gasteiger partial charge in [-0.15, -0.1) is 0 Å². The van der Waals surface area contributed by atoms with Crippen LogP contribution in [0.4, 0.5) is 11.4 Å². The molecule has 0 amide bonds. The predicted octanol–water partition coefficient (Wildman–Crippen LogP) is 3.51. The normalized spacial score (nSPS) is 10.5. The smallest absolute Gasteiger partial charge is 0.340 e. The van der Waals surface area contributed by atoms with E-state index in [4.69, 9.17) is 4.74 Å². The number of ether oxygens (including phenoxy) is 1. The van der Waals surface area contributed by atoms with Gasteiger partial charge in [0.25, 0.3) is 5.69 Å². The maximum atomic E-state index is 12.1. The summed E-state index contributed by atoms with van der Waals surface area (Å²) in [4.78, 5) is 22.4. The number of hydrogen-bond donors (Lipinski definition) is 1. The minimum atomic E-state index is -0.615. The van der Waals surface area contributed by atoms with Gasteiger partial charge >= 0.3 is 5.97 Å². The molecule has 23 heavy (non-hydrogen) atoms. The molecule has 0 saturated carbocycles. The maximum Gasteiger partial charge on any atom is 0.340 e. The van der Waals surface area contributed by atoms with E-state index in [0.717, 1.165) is 5.56 Å². The summed E-state index contributed by atoms with van der Waals surface area (Å²) in [5.41, 5.74) is 1.45. The molecule has 0 aliphatic rings. The number of nitro groups is 1. The SMILES string of the molecule is CNc1ccc([N+](=O)[O-])cc1C(=O)OC/C=C/c1ccccc1. The molecule has 0 bridgehead atoms. The lowest BCUT2D eigenvalue weighted by Gasteiger charge is -2.08. The van der Waals surface area contributed by atoms with Crippen LogP contribution in [-0.4, -0.2) is 24.5 Å². The van der Waals surface area contributed by atoms with Gasteiger partial charge in [0.2, 0.25) is 0 Å². The molecule has 6 nitrogen and oxygen atoms in total. The van der Waals surface area contributed by atoms with E-state index in [1.54, 1.807) is 13.1 Å². The Bertz CT molecular complexity index is 727. The summed E-state index contributed by atoms with van der Waals surface area (Å²) in [5.74, 6) is -0.615. The summed E-state index contributed by atoms with van der Waals surface area (Å²) in [6.07, 6.45) is 3.54. The van der Waals surface area contributed by atoms with Crippen molar-refractivity contribution in [3.8, 4) is 0 Å². The van der Waals surface area contributed by atoms with Gasteiger partial charge in [-0.05, 0) is 17.7 Å². The summed E-state index contributed by atoms with van der Waals surface area (Å²) in [6, 6.07) is 13.6. The van der Waals surface area contributed by atoms with E-state index in [1.807, 2.05) is 36.4 Å². The second-order valence-electron chi connectivity index (χ2n) is 4.65. The van der Waals surface area contributed by atoms with Crippen LogP contribution in [0.25, 0.3) is 6.08 Å². The van der Waals surface area contributed by atoms with E-state index < -0.39 is 10.9 Å². The van der Waals surface area contributed by atoms with Crippen LogP contribution in [0.5, 0.6) is 0 Å². The van der Waals surface area contributed by atoms with Crippen molar-refractivity contribution in [1.82, 2.24) is 0 Å². The third-order valence-corrected chi connectivity index (χ3v) is 3.12. The fraction of sp³-hybridized carbons (Fsp3) is 0.118. The minimum Gasteiger partial charge on any atom is -0.458 e. The van der Waals surface area contributed by atoms with Crippen LogP contribution in [-0.2, 0) is 4.74 Å². The molecule has 0 atom stereocenters. The van der Waals surface area contributed by atoms with Crippen LogP contribution in [0.1, 0.15) is 15.9 Å². The largest absolute Gasteiger partial charge is 0.458 e. The average Bonchev–Trinajstić information content (AvgIpc) is 2.58. The lowest BCUT2D eigenvalue weighted by molar-refractivity contribution is -0.384. The Morgan fingerprint density at radius 1 is 1.26 bits per heavy atom. The fourth-order valence-electron chi connectivity index (χ4n) is 1.98. The van der Waals surface area contributed by atoms with Crippen molar-refractivity contribution in [2.75, 3.05) is 19.0 Å². The van der Waals surface area contributed by atoms with Gasteiger partial charge in [0, 0.05) is 24.9 Å². The highest BCUT2D eigenvalue weighted by Gasteiger charge is 2.17. The molecule has 1 N–H and O–H groups in total. The molecule has 0 saturated heterocycles. The molecule has 118 valence electrons. The molecular formula is C17H16N2O4. The number of esters is 1. The number of benzene rings is 2. The van der Waals surface area contributed by atoms with Crippen LogP contribution < -0.4 is 5.32 Å². The highest BCUT2D eigenvalue weighted by atomic mass is 16.6. The Morgan fingerprint density at radius 2 is 2.00 bits per heavy atom. The van der Waals surface area contributed by atoms with Crippen LogP contribution >= 0.6 is 0 Å². The van der Waals surface area contributed by atoms with E-state index in [1.165, 1.54) is 18.2 Å². The summed E-state index contributed by atoms with van der Waals surface area (Å²) in [5, 5.41) is 13.6. The molecule has 0 unspecified atom stereocenters. The van der Waals surface area contributed by atoms with Crippen LogP contribution in [0, 0.1) is 10.1 Å². The first-order valence-electron chi connectivity index (χ1n) is 6.96. The third kappa shape index (κ3) is 4.41. The first-order chi connectivity index (χ1) is 11.1. The Morgan fingerprint density at radius 3 is 2.65 bits per heavy atom. The van der Waals surface area contributed by atoms with Crippen LogP contribution in [0.2, 0.25) is 0 Å². The van der Waals surface area contributed by atoms with Crippen molar-refractivity contribution in [3.05, 3.63) is 75.8 Å². The Balaban J connectivity index is 2.04. The molecule has 0 spiro atoms. The Labute approximate surface area is 133 Å². The van der Waals surface area contributed by atoms with Gasteiger partial charge in [-0.3, -0.25) is 10.1 Å². The van der Waals surface area contributed by atoms with E-state index in [2.05, 4.69) is 5.32 Å². The van der Waals surface area contributed by atoms with Crippen LogP contribution in [0.15, 0.2) is 54.6 Å². The van der Waals surface area contributed by atoms with Crippen molar-refractivity contribution < 1.29 is 14.5 Å². The number of non-ortho nitro benzene ring substituents is 1. The van der Waals surface area contributed by atoms with Crippen molar-refractivity contribution in [2.24, 2.45) is 0 Å². The second kappa shape index (κ2) is 7.74. The molecule has 0 radical (unpaired) electrons. The number of carbonyl (C=O) groups is 1. The maximum absolute atomic E-state index is 12.1. The van der Waals surface area contributed by atoms with Gasteiger partial charge in [-0.1, -0.05) is 36.4 Å². The number of rotatable bonds is 6. The topological polar surface area (TPSA) is 81.5 Å². The molecule has 2 aromatic carbocycles. The quantitative estimate of drug-likeness (QED) is 0.501. The lowest BCUT2D eigenvalue weighted by Crippen LogP contribution is -2.09. The number of anilines is 1. The first-order valence-corrected chi connectivity index (χ1v) is 6.96. The minimum absolute atomic E-state index is 0.0829. The standard InChI is InChI=1S/C17H16N2O4/c1-18-16-10-9-14(19(21)22)12-15(16)17(20)23-11-5-8-13-6-3-2-4-7-13/h2-10,12,18H,11H2,1H3/b8-5+. The summed E-state index contributed by atoms with van der Waals surface area (Å²) >= 11 is 0. The average molecular weight is 312 g/mol. The Hall–Kier alpha value is -3.15. The van der Waals surface area contributed by atoms with Crippen LogP contribution in [0.3, 0.4) is 0 Å². The van der Waals surface area contributed by atoms with Crippen molar-refractivity contribution >= 4 is 23.4 Å². The van der Waals surface area contributed by atoms with Gasteiger partial charge in [0.05, 0.1) is 10.5 Å². The zero-order valence-corrected chi connectivity index (χ0v) is 12.6. The number of hydrogen-bond acceptors (Lipinski definition) is 5. The monoisotopic (exact) mass is 312 g/mol. The van der Waals surface area contributed by atoms with E-state index in [0.29, 0.717) is 5.69 Å². The zero-order valence-electron chi connectivity index (χ0n) is 12.6. The van der Waals surface area contributed by atoms with Crippen molar-refractivity contribution in [2.45, 2.75) is 0 Å². The van der Waals surface area contributed by atoms with Gasteiger partial charge in [0.1, 0.15) is 6.61 Å². The van der Waals surface area contributed by atoms with Crippen molar-refractivity contribution in [1.29, 1.82) is 0 Å². The predicted molar refractivity (Wildman–Crippen MR) is 88.4 cm³/mol. The van der Waals surface area contributed by atoms with Gasteiger partial charge in [0.15, 0.2) is 0 Å². The third-order valence-electron chi connectivity index (χ3n) is 3.12. The molecule has 0 heterocycles. The highest BCUT2D eigenvalue weighted by Crippen LogP contribution is 2.22. The van der Waals surface area contributed by atoms with Gasteiger partial charge < -0.3 is 10.1 Å². The summed E-state index contributed by atoms with van der Waals surface area (Å²) in [6.45, 7) is 0.0829. The number of nitro benzene ring substituents is 1. The Kier molecular flexibility index (Phi) is 5.46. The first kappa shape index (κ1) is 16.2. The molecule has 6 heteroatoms. The van der Waals surface area contributed by atoms with E-state index >= 15 is 0 Å². The number of nitrogens with zero attached hydrogens (tertiary/aromatic N) is 1. The summed E-state index contributed by atoms with van der Waals surface area (Å²) in [7, 11) is 1.63. The van der Waals surface area contributed by atoms with Crippen molar-refractivity contribution in [3.63, 3.8) is 0 Å².